The van der Waals surface area contributed by atoms with Crippen molar-refractivity contribution >= 4 is 11.4 Å². The Kier molecular flexibility index (Phi) is 6.36. The molecular weight excluding hydrogens is 226 g/mol. The molecule has 0 atom stereocenters. The summed E-state index contributed by atoms with van der Waals surface area (Å²) in [7, 11) is 2.11. The Morgan fingerprint density at radius 2 is 2.11 bits per heavy atom. The van der Waals surface area contributed by atoms with E-state index in [1.807, 2.05) is 18.2 Å². The summed E-state index contributed by atoms with van der Waals surface area (Å²) in [4.78, 5) is 2.26. The van der Waals surface area contributed by atoms with Gasteiger partial charge in [0.15, 0.2) is 0 Å². The standard InChI is InChI=1S/C14H25N3O/c1-4-10-18-14-11-12(6-7-13(14)15)16-8-9-17(3)5-2/h6-7,11,16H,4-5,8-10,15H2,1-3H3. The van der Waals surface area contributed by atoms with E-state index < -0.39 is 0 Å². The van der Waals surface area contributed by atoms with Crippen molar-refractivity contribution in [2.45, 2.75) is 20.3 Å². The highest BCUT2D eigenvalue weighted by Crippen LogP contribution is 2.25. The van der Waals surface area contributed by atoms with Crippen molar-refractivity contribution in [3.63, 3.8) is 0 Å². The number of nitrogens with one attached hydrogen (secondary N) is 1. The summed E-state index contributed by atoms with van der Waals surface area (Å²) in [6.07, 6.45) is 0.985. The SMILES string of the molecule is CCCOc1cc(NCCN(C)CC)ccc1N. The van der Waals surface area contributed by atoms with Crippen molar-refractivity contribution in [2.24, 2.45) is 0 Å². The van der Waals surface area contributed by atoms with Gasteiger partial charge in [0.1, 0.15) is 5.75 Å². The topological polar surface area (TPSA) is 50.5 Å². The summed E-state index contributed by atoms with van der Waals surface area (Å²) in [6.45, 7) is 7.94. The highest BCUT2D eigenvalue weighted by molar-refractivity contribution is 5.61. The average Bonchev–Trinajstić information content (AvgIpc) is 2.38. The van der Waals surface area contributed by atoms with Gasteiger partial charge in [-0.05, 0) is 32.1 Å². The molecule has 0 fully saturated rings. The minimum absolute atomic E-state index is 0.694. The van der Waals surface area contributed by atoms with E-state index in [4.69, 9.17) is 10.5 Å². The Morgan fingerprint density at radius 1 is 1.33 bits per heavy atom. The maximum atomic E-state index is 5.87. The maximum Gasteiger partial charge on any atom is 0.144 e. The highest BCUT2D eigenvalue weighted by Gasteiger charge is 2.02. The molecular formula is C14H25N3O. The van der Waals surface area contributed by atoms with Gasteiger partial charge in [0, 0.05) is 24.8 Å². The summed E-state index contributed by atoms with van der Waals surface area (Å²) in [5.41, 5.74) is 7.62. The highest BCUT2D eigenvalue weighted by atomic mass is 16.5. The van der Waals surface area contributed by atoms with Crippen molar-refractivity contribution in [3.8, 4) is 5.75 Å². The van der Waals surface area contributed by atoms with Gasteiger partial charge in [-0.15, -0.1) is 0 Å². The molecule has 1 rings (SSSR count). The smallest absolute Gasteiger partial charge is 0.144 e. The molecule has 102 valence electrons. The largest absolute Gasteiger partial charge is 0.491 e. The van der Waals surface area contributed by atoms with Crippen LogP contribution < -0.4 is 15.8 Å². The predicted octanol–water partition coefficient (Wildman–Crippen LogP) is 2.42. The fraction of sp³-hybridized carbons (Fsp3) is 0.571. The van der Waals surface area contributed by atoms with Crippen LogP contribution in [0.4, 0.5) is 11.4 Å². The molecule has 4 heteroatoms. The number of rotatable bonds is 8. The van der Waals surface area contributed by atoms with Gasteiger partial charge in [-0.25, -0.2) is 0 Å². The first kappa shape index (κ1) is 14.6. The number of likely N-dealkylation sites (N-methyl/N-ethyl adjacent to an activating group) is 1. The molecule has 0 saturated carbocycles. The molecule has 0 bridgehead atoms. The lowest BCUT2D eigenvalue weighted by atomic mass is 10.2. The molecule has 1 aromatic rings. The van der Waals surface area contributed by atoms with E-state index in [0.29, 0.717) is 12.3 Å². The molecule has 0 amide bonds. The van der Waals surface area contributed by atoms with Crippen LogP contribution in [0.2, 0.25) is 0 Å². The van der Waals surface area contributed by atoms with Crippen LogP contribution in [0.15, 0.2) is 18.2 Å². The molecule has 0 unspecified atom stereocenters. The van der Waals surface area contributed by atoms with Crippen LogP contribution >= 0.6 is 0 Å². The van der Waals surface area contributed by atoms with Crippen LogP contribution in [0, 0.1) is 0 Å². The maximum absolute atomic E-state index is 5.87. The zero-order chi connectivity index (χ0) is 13.4. The Bertz CT molecular complexity index is 355. The second-order valence-electron chi connectivity index (χ2n) is 4.42. The second kappa shape index (κ2) is 7.82. The Morgan fingerprint density at radius 3 is 2.78 bits per heavy atom. The number of nitrogens with two attached hydrogens (primary N) is 1. The van der Waals surface area contributed by atoms with Gasteiger partial charge < -0.3 is 20.7 Å². The first-order valence-electron chi connectivity index (χ1n) is 6.62. The molecule has 0 aromatic heterocycles. The van der Waals surface area contributed by atoms with E-state index in [0.717, 1.165) is 37.5 Å². The van der Waals surface area contributed by atoms with Crippen molar-refractivity contribution in [3.05, 3.63) is 18.2 Å². The van der Waals surface area contributed by atoms with Crippen molar-refractivity contribution in [2.75, 3.05) is 44.3 Å². The summed E-state index contributed by atoms with van der Waals surface area (Å²) in [6, 6.07) is 5.84. The number of nitrogens with zero attached hydrogens (tertiary/aromatic N) is 1. The number of hydrogen-bond donors (Lipinski definition) is 2. The molecule has 0 spiro atoms. The number of nitrogen functional groups attached to an aromatic ring is 1. The minimum atomic E-state index is 0.694. The second-order valence-corrected chi connectivity index (χ2v) is 4.42. The zero-order valence-electron chi connectivity index (χ0n) is 11.7. The number of anilines is 2. The summed E-state index contributed by atoms with van der Waals surface area (Å²) < 4.78 is 5.60. The summed E-state index contributed by atoms with van der Waals surface area (Å²) in [5.74, 6) is 0.769. The Hall–Kier alpha value is -1.42. The number of ether oxygens (including phenoxy) is 1. The average molecular weight is 251 g/mol. The lowest BCUT2D eigenvalue weighted by Gasteiger charge is -2.15. The lowest BCUT2D eigenvalue weighted by molar-refractivity contribution is 0.319. The van der Waals surface area contributed by atoms with E-state index >= 15 is 0 Å². The van der Waals surface area contributed by atoms with Gasteiger partial charge >= 0.3 is 0 Å². The molecule has 4 nitrogen and oxygen atoms in total. The summed E-state index contributed by atoms with van der Waals surface area (Å²) in [5, 5.41) is 3.38. The Labute approximate surface area is 110 Å². The molecule has 0 aliphatic carbocycles. The van der Waals surface area contributed by atoms with E-state index in [-0.39, 0.29) is 0 Å². The van der Waals surface area contributed by atoms with Crippen LogP contribution in [0.3, 0.4) is 0 Å². The third kappa shape index (κ3) is 4.84. The Balaban J connectivity index is 2.50. The molecule has 0 aliphatic rings. The minimum Gasteiger partial charge on any atom is -0.491 e. The summed E-state index contributed by atoms with van der Waals surface area (Å²) >= 11 is 0. The molecule has 0 aliphatic heterocycles. The molecule has 1 aromatic carbocycles. The third-order valence-electron chi connectivity index (χ3n) is 2.84. The fourth-order valence-corrected chi connectivity index (χ4v) is 1.53. The third-order valence-corrected chi connectivity index (χ3v) is 2.84. The van der Waals surface area contributed by atoms with Crippen LogP contribution in [0.25, 0.3) is 0 Å². The molecule has 18 heavy (non-hydrogen) atoms. The fourth-order valence-electron chi connectivity index (χ4n) is 1.53. The number of hydrogen-bond acceptors (Lipinski definition) is 4. The van der Waals surface area contributed by atoms with Crippen LogP contribution in [0.1, 0.15) is 20.3 Å². The monoisotopic (exact) mass is 251 g/mol. The zero-order valence-corrected chi connectivity index (χ0v) is 11.7. The van der Waals surface area contributed by atoms with Gasteiger partial charge in [0.05, 0.1) is 12.3 Å². The molecule has 0 heterocycles. The van der Waals surface area contributed by atoms with Gasteiger partial charge in [0.2, 0.25) is 0 Å². The molecule has 0 radical (unpaired) electrons. The normalized spacial score (nSPS) is 10.7. The van der Waals surface area contributed by atoms with E-state index in [9.17, 15) is 0 Å². The quantitative estimate of drug-likeness (QED) is 0.697. The van der Waals surface area contributed by atoms with Crippen LogP contribution in [-0.4, -0.2) is 38.2 Å². The van der Waals surface area contributed by atoms with E-state index in [2.05, 4.69) is 31.1 Å². The first-order chi connectivity index (χ1) is 8.67. The molecule has 0 saturated heterocycles. The first-order valence-corrected chi connectivity index (χ1v) is 6.62. The van der Waals surface area contributed by atoms with Gasteiger partial charge in [-0.2, -0.15) is 0 Å². The van der Waals surface area contributed by atoms with Gasteiger partial charge in [-0.1, -0.05) is 13.8 Å². The molecule has 3 N–H and O–H groups in total. The van der Waals surface area contributed by atoms with Crippen molar-refractivity contribution in [1.82, 2.24) is 4.90 Å². The van der Waals surface area contributed by atoms with E-state index in [1.54, 1.807) is 0 Å². The van der Waals surface area contributed by atoms with Gasteiger partial charge in [-0.3, -0.25) is 0 Å². The predicted molar refractivity (Wildman–Crippen MR) is 78.3 cm³/mol. The van der Waals surface area contributed by atoms with Crippen LogP contribution in [-0.2, 0) is 0 Å². The van der Waals surface area contributed by atoms with Gasteiger partial charge in [0.25, 0.3) is 0 Å². The van der Waals surface area contributed by atoms with Crippen molar-refractivity contribution in [1.29, 1.82) is 0 Å². The lowest BCUT2D eigenvalue weighted by Crippen LogP contribution is -2.24. The van der Waals surface area contributed by atoms with Crippen LogP contribution in [0.5, 0.6) is 5.75 Å². The van der Waals surface area contributed by atoms with Crippen molar-refractivity contribution < 1.29 is 4.74 Å². The van der Waals surface area contributed by atoms with E-state index in [1.165, 1.54) is 0 Å². The number of benzene rings is 1.